The summed E-state index contributed by atoms with van der Waals surface area (Å²) in [5.74, 6) is 0.0242. The van der Waals surface area contributed by atoms with Crippen LogP contribution in [0.25, 0.3) is 0 Å². The monoisotopic (exact) mass is 199 g/mol. The van der Waals surface area contributed by atoms with Crippen LogP contribution in [0.1, 0.15) is 25.7 Å². The van der Waals surface area contributed by atoms with E-state index in [1.54, 1.807) is 14.1 Å². The first-order valence-corrected chi connectivity index (χ1v) is 5.07. The smallest absolute Gasteiger partial charge is 0.248 e. The lowest BCUT2D eigenvalue weighted by molar-refractivity contribution is -0.133. The van der Waals surface area contributed by atoms with Gasteiger partial charge in [0, 0.05) is 20.7 Å². The maximum atomic E-state index is 11.1. The summed E-state index contributed by atoms with van der Waals surface area (Å²) in [7, 11) is 3.46. The van der Waals surface area contributed by atoms with Crippen LogP contribution in [-0.2, 0) is 9.53 Å². The highest BCUT2D eigenvalue weighted by Crippen LogP contribution is 2.00. The first kappa shape index (κ1) is 13.2. The van der Waals surface area contributed by atoms with Gasteiger partial charge in [0.25, 0.3) is 0 Å². The predicted molar refractivity (Wildman–Crippen MR) is 58.2 cm³/mol. The molecule has 0 aliphatic carbocycles. The van der Waals surface area contributed by atoms with Crippen LogP contribution >= 0.6 is 0 Å². The van der Waals surface area contributed by atoms with Gasteiger partial charge in [0.1, 0.15) is 6.61 Å². The highest BCUT2D eigenvalue weighted by Gasteiger charge is 2.02. The number of hydrogen-bond acceptors (Lipinski definition) is 2. The minimum absolute atomic E-state index is 0.0242. The van der Waals surface area contributed by atoms with Crippen LogP contribution < -0.4 is 0 Å². The average Bonchev–Trinajstić information content (AvgIpc) is 2.16. The number of carbonyl (C=O) groups is 1. The normalized spacial score (nSPS) is 9.86. The number of unbranched alkanes of at least 4 members (excludes halogenated alkanes) is 3. The maximum Gasteiger partial charge on any atom is 0.248 e. The van der Waals surface area contributed by atoms with Crippen molar-refractivity contribution in [1.82, 2.24) is 4.90 Å². The van der Waals surface area contributed by atoms with Crippen LogP contribution in [0.2, 0.25) is 0 Å². The molecule has 0 saturated heterocycles. The first-order chi connectivity index (χ1) is 6.68. The second-order valence-corrected chi connectivity index (χ2v) is 3.48. The molecule has 0 saturated carbocycles. The van der Waals surface area contributed by atoms with Gasteiger partial charge < -0.3 is 9.64 Å². The molecule has 0 heterocycles. The van der Waals surface area contributed by atoms with Crippen molar-refractivity contribution in [2.24, 2.45) is 0 Å². The maximum absolute atomic E-state index is 11.1. The van der Waals surface area contributed by atoms with Crippen LogP contribution in [-0.4, -0.2) is 38.1 Å². The summed E-state index contributed by atoms with van der Waals surface area (Å²) in [6.45, 7) is 4.54. The van der Waals surface area contributed by atoms with Gasteiger partial charge in [0.05, 0.1) is 0 Å². The third-order valence-corrected chi connectivity index (χ3v) is 1.92. The molecule has 0 atom stereocenters. The molecule has 1 amide bonds. The van der Waals surface area contributed by atoms with Crippen molar-refractivity contribution in [3.8, 4) is 0 Å². The van der Waals surface area contributed by atoms with Crippen molar-refractivity contribution in [2.45, 2.75) is 25.7 Å². The zero-order valence-corrected chi connectivity index (χ0v) is 9.29. The molecule has 14 heavy (non-hydrogen) atoms. The minimum atomic E-state index is 0.0242. The number of allylic oxidation sites excluding steroid dienone is 1. The molecule has 0 aromatic rings. The Bertz CT molecular complexity index is 167. The Morgan fingerprint density at radius 1 is 1.36 bits per heavy atom. The number of ether oxygens (including phenoxy) is 1. The molecular formula is C11H21NO2. The molecule has 0 N–H and O–H groups in total. The van der Waals surface area contributed by atoms with E-state index in [0.717, 1.165) is 25.7 Å². The Balaban J connectivity index is 3.13. The molecule has 3 heteroatoms. The van der Waals surface area contributed by atoms with Crippen molar-refractivity contribution in [3.05, 3.63) is 12.7 Å². The fraction of sp³-hybridized carbons (Fsp3) is 0.727. The molecule has 0 aliphatic rings. The van der Waals surface area contributed by atoms with Crippen molar-refractivity contribution in [1.29, 1.82) is 0 Å². The Labute approximate surface area is 86.7 Å². The molecule has 3 nitrogen and oxygen atoms in total. The molecule has 0 fully saturated rings. The van der Waals surface area contributed by atoms with Crippen molar-refractivity contribution in [2.75, 3.05) is 27.3 Å². The SMILES string of the molecule is C=CCCCCCOCC(=O)N(C)C. The van der Waals surface area contributed by atoms with E-state index in [2.05, 4.69) is 6.58 Å². The summed E-state index contributed by atoms with van der Waals surface area (Å²) < 4.78 is 5.22. The fourth-order valence-corrected chi connectivity index (χ4v) is 0.958. The minimum Gasteiger partial charge on any atom is -0.372 e. The lowest BCUT2D eigenvalue weighted by Crippen LogP contribution is -2.26. The molecule has 82 valence electrons. The van der Waals surface area contributed by atoms with Crippen LogP contribution in [0.5, 0.6) is 0 Å². The van der Waals surface area contributed by atoms with Crippen LogP contribution in [0.15, 0.2) is 12.7 Å². The van der Waals surface area contributed by atoms with Gasteiger partial charge in [0.15, 0.2) is 0 Å². The second kappa shape index (κ2) is 8.75. The van der Waals surface area contributed by atoms with Crippen molar-refractivity contribution >= 4 is 5.91 Å². The van der Waals surface area contributed by atoms with Crippen molar-refractivity contribution in [3.63, 3.8) is 0 Å². The van der Waals surface area contributed by atoms with E-state index < -0.39 is 0 Å². The van der Waals surface area contributed by atoms with Gasteiger partial charge in [-0.1, -0.05) is 12.5 Å². The van der Waals surface area contributed by atoms with E-state index in [1.165, 1.54) is 4.90 Å². The van der Waals surface area contributed by atoms with Crippen molar-refractivity contribution < 1.29 is 9.53 Å². The molecule has 0 bridgehead atoms. The van der Waals surface area contributed by atoms with Crippen LogP contribution in [0.4, 0.5) is 0 Å². The molecular weight excluding hydrogens is 178 g/mol. The second-order valence-electron chi connectivity index (χ2n) is 3.48. The highest BCUT2D eigenvalue weighted by molar-refractivity contribution is 5.76. The van der Waals surface area contributed by atoms with E-state index in [9.17, 15) is 4.79 Å². The zero-order valence-electron chi connectivity index (χ0n) is 9.29. The number of carbonyl (C=O) groups excluding carboxylic acids is 1. The summed E-state index contributed by atoms with van der Waals surface area (Å²) >= 11 is 0. The number of hydrogen-bond donors (Lipinski definition) is 0. The lowest BCUT2D eigenvalue weighted by Gasteiger charge is -2.10. The van der Waals surface area contributed by atoms with Gasteiger partial charge >= 0.3 is 0 Å². The van der Waals surface area contributed by atoms with E-state index in [-0.39, 0.29) is 12.5 Å². The standard InChI is InChI=1S/C11H21NO2/c1-4-5-6-7-8-9-14-10-11(13)12(2)3/h4H,1,5-10H2,2-3H3. The van der Waals surface area contributed by atoms with Gasteiger partial charge in [0.2, 0.25) is 5.91 Å². The molecule has 0 radical (unpaired) electrons. The summed E-state index contributed by atoms with van der Waals surface area (Å²) in [5, 5.41) is 0. The molecule has 0 aromatic carbocycles. The van der Waals surface area contributed by atoms with Gasteiger partial charge in [-0.3, -0.25) is 4.79 Å². The summed E-state index contributed by atoms with van der Waals surface area (Å²) in [4.78, 5) is 12.6. The third kappa shape index (κ3) is 7.80. The predicted octanol–water partition coefficient (Wildman–Crippen LogP) is 1.84. The van der Waals surface area contributed by atoms with E-state index >= 15 is 0 Å². The number of nitrogens with zero attached hydrogens (tertiary/aromatic N) is 1. The third-order valence-electron chi connectivity index (χ3n) is 1.92. The largest absolute Gasteiger partial charge is 0.372 e. The topological polar surface area (TPSA) is 29.5 Å². The van der Waals surface area contributed by atoms with Gasteiger partial charge in [-0.2, -0.15) is 0 Å². The van der Waals surface area contributed by atoms with Gasteiger partial charge in [-0.25, -0.2) is 0 Å². The average molecular weight is 199 g/mol. The highest BCUT2D eigenvalue weighted by atomic mass is 16.5. The lowest BCUT2D eigenvalue weighted by atomic mass is 10.2. The fourth-order valence-electron chi connectivity index (χ4n) is 0.958. The van der Waals surface area contributed by atoms with Crippen LogP contribution in [0, 0.1) is 0 Å². The van der Waals surface area contributed by atoms with Crippen LogP contribution in [0.3, 0.4) is 0 Å². The number of amides is 1. The Hall–Kier alpha value is -0.830. The molecule has 0 rings (SSSR count). The number of rotatable bonds is 8. The Kier molecular flexibility index (Phi) is 8.24. The Morgan fingerprint density at radius 3 is 2.64 bits per heavy atom. The number of likely N-dealkylation sites (N-methyl/N-ethyl adjacent to an activating group) is 1. The summed E-state index contributed by atoms with van der Waals surface area (Å²) in [6.07, 6.45) is 6.32. The molecule has 0 spiro atoms. The quantitative estimate of drug-likeness (QED) is 0.441. The van der Waals surface area contributed by atoms with E-state index in [4.69, 9.17) is 4.74 Å². The molecule has 0 aromatic heterocycles. The van der Waals surface area contributed by atoms with E-state index in [1.807, 2.05) is 6.08 Å². The Morgan fingerprint density at radius 2 is 2.07 bits per heavy atom. The molecule has 0 unspecified atom stereocenters. The first-order valence-electron chi connectivity index (χ1n) is 5.07. The zero-order chi connectivity index (χ0) is 10.8. The van der Waals surface area contributed by atoms with Gasteiger partial charge in [-0.15, -0.1) is 6.58 Å². The van der Waals surface area contributed by atoms with Gasteiger partial charge in [-0.05, 0) is 19.3 Å². The summed E-state index contributed by atoms with van der Waals surface area (Å²) in [6, 6.07) is 0. The van der Waals surface area contributed by atoms with E-state index in [0.29, 0.717) is 6.61 Å². The molecule has 0 aliphatic heterocycles. The summed E-state index contributed by atoms with van der Waals surface area (Å²) in [5.41, 5.74) is 0.